The van der Waals surface area contributed by atoms with E-state index in [2.05, 4.69) is 20.5 Å². The number of sulfonamides is 1. The highest BCUT2D eigenvalue weighted by Crippen LogP contribution is 2.33. The van der Waals surface area contributed by atoms with Crippen LogP contribution in [0.5, 0.6) is 0 Å². The van der Waals surface area contributed by atoms with Crippen LogP contribution >= 0.6 is 11.3 Å². The van der Waals surface area contributed by atoms with Gasteiger partial charge in [-0.3, -0.25) is 4.98 Å². The highest BCUT2D eigenvalue weighted by atomic mass is 32.2. The topological polar surface area (TPSA) is 88.1 Å². The summed E-state index contributed by atoms with van der Waals surface area (Å²) in [6.07, 6.45) is 4.97. The maximum Gasteiger partial charge on any atom is 0.216 e. The highest BCUT2D eigenvalue weighted by Gasteiger charge is 2.41. The maximum atomic E-state index is 12.3. The number of rotatable bonds is 5. The van der Waals surface area contributed by atoms with Gasteiger partial charge >= 0.3 is 0 Å². The molecule has 1 saturated carbocycles. The van der Waals surface area contributed by atoms with Crippen LogP contribution < -0.4 is 5.32 Å². The molecule has 0 aromatic carbocycles. The van der Waals surface area contributed by atoms with Crippen molar-refractivity contribution >= 4 is 26.5 Å². The molecule has 4 rings (SSSR count). The summed E-state index contributed by atoms with van der Waals surface area (Å²) in [5, 5.41) is 13.2. The van der Waals surface area contributed by atoms with E-state index in [1.54, 1.807) is 10.5 Å². The zero-order valence-electron chi connectivity index (χ0n) is 13.1. The third-order valence-corrected chi connectivity index (χ3v) is 7.67. The van der Waals surface area contributed by atoms with Crippen molar-refractivity contribution in [2.45, 2.75) is 37.0 Å². The molecular formula is C15H19N5O2S2. The lowest BCUT2D eigenvalue weighted by Crippen LogP contribution is -2.43. The molecule has 1 N–H and O–H groups in total. The van der Waals surface area contributed by atoms with Gasteiger partial charge in [0, 0.05) is 25.3 Å². The molecule has 0 spiro atoms. The number of aromatic nitrogens is 3. The van der Waals surface area contributed by atoms with Crippen molar-refractivity contribution in [2.75, 3.05) is 18.4 Å². The zero-order chi connectivity index (χ0) is 16.6. The molecule has 7 nitrogen and oxygen atoms in total. The minimum absolute atomic E-state index is 0.119. The maximum absolute atomic E-state index is 12.3. The number of nitrogens with one attached hydrogen (secondary N) is 1. The molecule has 2 aromatic heterocycles. The van der Waals surface area contributed by atoms with E-state index in [4.69, 9.17) is 0 Å². The van der Waals surface area contributed by atoms with Gasteiger partial charge < -0.3 is 5.32 Å². The molecule has 1 aliphatic heterocycles. The summed E-state index contributed by atoms with van der Waals surface area (Å²) in [5.74, 6) is 0. The van der Waals surface area contributed by atoms with Gasteiger partial charge in [0.2, 0.25) is 15.2 Å². The first-order valence-electron chi connectivity index (χ1n) is 8.13. The molecule has 128 valence electrons. The van der Waals surface area contributed by atoms with E-state index in [0.29, 0.717) is 13.1 Å². The van der Waals surface area contributed by atoms with Crippen LogP contribution in [-0.4, -0.2) is 52.3 Å². The average Bonchev–Trinajstić information content (AvgIpc) is 3.37. The van der Waals surface area contributed by atoms with Gasteiger partial charge in [-0.05, 0) is 37.8 Å². The number of nitrogens with zero attached hydrogens (tertiary/aromatic N) is 4. The van der Waals surface area contributed by atoms with Crippen molar-refractivity contribution in [2.24, 2.45) is 0 Å². The Hall–Kier alpha value is -1.58. The summed E-state index contributed by atoms with van der Waals surface area (Å²) in [6.45, 7) is 1.17. The van der Waals surface area contributed by atoms with Crippen LogP contribution in [-0.2, 0) is 10.0 Å². The Morgan fingerprint density at radius 3 is 2.58 bits per heavy atom. The van der Waals surface area contributed by atoms with Gasteiger partial charge in [-0.1, -0.05) is 17.4 Å². The van der Waals surface area contributed by atoms with Crippen molar-refractivity contribution < 1.29 is 8.42 Å². The first kappa shape index (κ1) is 15.9. The van der Waals surface area contributed by atoms with Crippen molar-refractivity contribution in [1.82, 2.24) is 19.5 Å². The number of hydrogen-bond donors (Lipinski definition) is 1. The van der Waals surface area contributed by atoms with Crippen molar-refractivity contribution in [3.05, 3.63) is 24.4 Å². The Labute approximate surface area is 145 Å². The fraction of sp³-hybridized carbons (Fsp3) is 0.533. The summed E-state index contributed by atoms with van der Waals surface area (Å²) in [7, 11) is -3.05. The standard InChI is InChI=1S/C15H19N5O2S2/c21-24(22,12-4-5-12)20-9-6-11(7-10-20)17-15-19-18-14(23-15)13-3-1-2-8-16-13/h1-3,8,11-12H,4-7,9-10H2,(H,17,19). The molecule has 2 aliphatic rings. The van der Waals surface area contributed by atoms with Crippen LogP contribution in [0.3, 0.4) is 0 Å². The quantitative estimate of drug-likeness (QED) is 0.871. The van der Waals surface area contributed by atoms with Crippen molar-refractivity contribution in [3.8, 4) is 10.7 Å². The first-order chi connectivity index (χ1) is 11.6. The smallest absolute Gasteiger partial charge is 0.216 e. The van der Waals surface area contributed by atoms with E-state index >= 15 is 0 Å². The monoisotopic (exact) mass is 365 g/mol. The lowest BCUT2D eigenvalue weighted by molar-refractivity contribution is 0.329. The normalized spacial score (nSPS) is 20.2. The molecule has 24 heavy (non-hydrogen) atoms. The molecular weight excluding hydrogens is 346 g/mol. The summed E-state index contributed by atoms with van der Waals surface area (Å²) in [5.41, 5.74) is 0.813. The van der Waals surface area contributed by atoms with Gasteiger partial charge in [-0.15, -0.1) is 10.2 Å². The second kappa shape index (κ2) is 6.38. The summed E-state index contributed by atoms with van der Waals surface area (Å²) in [4.78, 5) is 4.28. The largest absolute Gasteiger partial charge is 0.357 e. The van der Waals surface area contributed by atoms with E-state index in [0.717, 1.165) is 41.5 Å². The molecule has 0 bridgehead atoms. The predicted octanol–water partition coefficient (Wildman–Crippen LogP) is 1.97. The SMILES string of the molecule is O=S(=O)(C1CC1)N1CCC(Nc2nnc(-c3ccccn3)s2)CC1. The minimum atomic E-state index is -3.05. The molecule has 2 aromatic rings. The Morgan fingerprint density at radius 2 is 1.92 bits per heavy atom. The molecule has 2 fully saturated rings. The molecule has 1 aliphatic carbocycles. The van der Waals surface area contributed by atoms with Crippen LogP contribution in [0.4, 0.5) is 5.13 Å². The van der Waals surface area contributed by atoms with Crippen molar-refractivity contribution in [3.63, 3.8) is 0 Å². The second-order valence-corrected chi connectivity index (χ2v) is 9.38. The van der Waals surface area contributed by atoms with Gasteiger partial charge in [0.15, 0.2) is 5.01 Å². The Bertz CT molecular complexity index is 796. The molecule has 0 amide bonds. The fourth-order valence-electron chi connectivity index (χ4n) is 2.88. The lowest BCUT2D eigenvalue weighted by atomic mass is 10.1. The Kier molecular flexibility index (Phi) is 4.23. The predicted molar refractivity (Wildman–Crippen MR) is 93.3 cm³/mol. The number of hydrogen-bond acceptors (Lipinski definition) is 7. The van der Waals surface area contributed by atoms with Crippen LogP contribution in [0.25, 0.3) is 10.7 Å². The zero-order valence-corrected chi connectivity index (χ0v) is 14.8. The highest BCUT2D eigenvalue weighted by molar-refractivity contribution is 7.90. The van der Waals surface area contributed by atoms with Crippen LogP contribution in [0.15, 0.2) is 24.4 Å². The minimum Gasteiger partial charge on any atom is -0.357 e. The van der Waals surface area contributed by atoms with Gasteiger partial charge in [-0.25, -0.2) is 12.7 Å². The van der Waals surface area contributed by atoms with Crippen molar-refractivity contribution in [1.29, 1.82) is 0 Å². The molecule has 0 atom stereocenters. The van der Waals surface area contributed by atoms with Gasteiger partial charge in [-0.2, -0.15) is 0 Å². The molecule has 0 radical (unpaired) electrons. The van der Waals surface area contributed by atoms with Crippen LogP contribution in [0.1, 0.15) is 25.7 Å². The summed E-state index contributed by atoms with van der Waals surface area (Å²) < 4.78 is 26.2. The number of piperidine rings is 1. The third kappa shape index (κ3) is 3.28. The van der Waals surface area contributed by atoms with E-state index in [-0.39, 0.29) is 11.3 Å². The average molecular weight is 365 g/mol. The Balaban J connectivity index is 1.35. The number of pyridine rings is 1. The fourth-order valence-corrected chi connectivity index (χ4v) is 5.55. The van der Waals surface area contributed by atoms with Gasteiger partial charge in [0.05, 0.1) is 5.25 Å². The van der Waals surface area contributed by atoms with Gasteiger partial charge in [0.1, 0.15) is 5.69 Å². The molecule has 9 heteroatoms. The van der Waals surface area contributed by atoms with Crippen LogP contribution in [0, 0.1) is 0 Å². The van der Waals surface area contributed by atoms with Crippen LogP contribution in [0.2, 0.25) is 0 Å². The second-order valence-electron chi connectivity index (χ2n) is 6.19. The third-order valence-electron chi connectivity index (χ3n) is 4.40. The van der Waals surface area contributed by atoms with E-state index in [1.807, 2.05) is 18.2 Å². The molecule has 1 saturated heterocycles. The summed E-state index contributed by atoms with van der Waals surface area (Å²) >= 11 is 1.47. The van der Waals surface area contributed by atoms with Gasteiger partial charge in [0.25, 0.3) is 0 Å². The first-order valence-corrected chi connectivity index (χ1v) is 10.5. The number of anilines is 1. The Morgan fingerprint density at radius 1 is 1.12 bits per heavy atom. The van der Waals surface area contributed by atoms with E-state index < -0.39 is 10.0 Å². The summed E-state index contributed by atoms with van der Waals surface area (Å²) in [6, 6.07) is 5.94. The lowest BCUT2D eigenvalue weighted by Gasteiger charge is -2.31. The van der Waals surface area contributed by atoms with E-state index in [1.165, 1.54) is 11.3 Å². The molecule has 3 heterocycles. The molecule has 0 unspecified atom stereocenters. The van der Waals surface area contributed by atoms with E-state index in [9.17, 15) is 8.42 Å².